The van der Waals surface area contributed by atoms with Crippen molar-refractivity contribution in [2.75, 3.05) is 13.7 Å². The maximum Gasteiger partial charge on any atom is 0.166 e. The zero-order valence-electron chi connectivity index (χ0n) is 10.7. The molecule has 0 bridgehead atoms. The highest BCUT2D eigenvalue weighted by Gasteiger charge is 2.13. The Morgan fingerprint density at radius 2 is 2.12 bits per heavy atom. The van der Waals surface area contributed by atoms with Gasteiger partial charge in [-0.25, -0.2) is 0 Å². The van der Waals surface area contributed by atoms with Gasteiger partial charge in [0, 0.05) is 13.0 Å². The van der Waals surface area contributed by atoms with Crippen molar-refractivity contribution in [3.63, 3.8) is 0 Å². The summed E-state index contributed by atoms with van der Waals surface area (Å²) in [5.74, 6) is 1.05. The third-order valence-corrected chi connectivity index (χ3v) is 2.75. The first-order valence-electron chi connectivity index (χ1n) is 5.92. The van der Waals surface area contributed by atoms with Crippen LogP contribution >= 0.6 is 0 Å². The highest BCUT2D eigenvalue weighted by atomic mass is 16.5. The van der Waals surface area contributed by atoms with Gasteiger partial charge >= 0.3 is 0 Å². The van der Waals surface area contributed by atoms with Gasteiger partial charge < -0.3 is 9.84 Å². The lowest BCUT2D eigenvalue weighted by atomic mass is 9.98. The third kappa shape index (κ3) is 3.56. The van der Waals surface area contributed by atoms with Gasteiger partial charge in [-0.05, 0) is 30.0 Å². The van der Waals surface area contributed by atoms with Gasteiger partial charge in [0.1, 0.15) is 5.75 Å². The first kappa shape index (κ1) is 13.7. The molecule has 1 rings (SSSR count). The van der Waals surface area contributed by atoms with Gasteiger partial charge in [-0.2, -0.15) is 0 Å². The first-order chi connectivity index (χ1) is 8.10. The van der Waals surface area contributed by atoms with Gasteiger partial charge in [0.15, 0.2) is 5.78 Å². The van der Waals surface area contributed by atoms with Crippen LogP contribution in [0.1, 0.15) is 48.5 Å². The summed E-state index contributed by atoms with van der Waals surface area (Å²) in [6.45, 7) is 4.24. The molecule has 0 spiro atoms. The molecule has 17 heavy (non-hydrogen) atoms. The molecule has 94 valence electrons. The monoisotopic (exact) mass is 236 g/mol. The largest absolute Gasteiger partial charge is 0.496 e. The number of carbonyl (C=O) groups is 1. The lowest BCUT2D eigenvalue weighted by Gasteiger charge is -2.11. The number of carbonyl (C=O) groups excluding carboxylic acids is 1. The van der Waals surface area contributed by atoms with Crippen molar-refractivity contribution in [3.05, 3.63) is 29.3 Å². The van der Waals surface area contributed by atoms with Crippen LogP contribution in [-0.2, 0) is 0 Å². The summed E-state index contributed by atoms with van der Waals surface area (Å²) in [4.78, 5) is 11.9. The molecule has 0 heterocycles. The summed E-state index contributed by atoms with van der Waals surface area (Å²) in [7, 11) is 1.57. The van der Waals surface area contributed by atoms with Crippen molar-refractivity contribution < 1.29 is 14.6 Å². The molecule has 0 amide bonds. The summed E-state index contributed by atoms with van der Waals surface area (Å²) in [6, 6.07) is 5.68. The predicted octanol–water partition coefficient (Wildman–Crippen LogP) is 2.77. The van der Waals surface area contributed by atoms with Crippen molar-refractivity contribution in [2.45, 2.75) is 32.6 Å². The molecule has 0 aliphatic rings. The molecular weight excluding hydrogens is 216 g/mol. The number of rotatable bonds is 6. The van der Waals surface area contributed by atoms with Crippen molar-refractivity contribution in [2.24, 2.45) is 0 Å². The second-order valence-electron chi connectivity index (χ2n) is 4.36. The topological polar surface area (TPSA) is 46.5 Å². The minimum atomic E-state index is 0.0196. The minimum Gasteiger partial charge on any atom is -0.496 e. The van der Waals surface area contributed by atoms with Crippen LogP contribution in [-0.4, -0.2) is 24.6 Å². The van der Waals surface area contributed by atoms with E-state index in [0.717, 1.165) is 5.56 Å². The number of benzene rings is 1. The molecule has 0 saturated heterocycles. The highest BCUT2D eigenvalue weighted by molar-refractivity contribution is 5.98. The normalized spacial score (nSPS) is 10.6. The maximum absolute atomic E-state index is 11.9. The Bertz CT molecular complexity index is 383. The molecule has 1 aromatic carbocycles. The van der Waals surface area contributed by atoms with E-state index in [1.165, 1.54) is 0 Å². The van der Waals surface area contributed by atoms with E-state index in [9.17, 15) is 4.79 Å². The van der Waals surface area contributed by atoms with Gasteiger partial charge in [0.25, 0.3) is 0 Å². The van der Waals surface area contributed by atoms with Crippen LogP contribution in [0.15, 0.2) is 18.2 Å². The summed E-state index contributed by atoms with van der Waals surface area (Å²) in [6.07, 6.45) is 0.849. The average Bonchev–Trinajstić information content (AvgIpc) is 2.34. The Balaban J connectivity index is 2.96. The maximum atomic E-state index is 11.9. The highest BCUT2D eigenvalue weighted by Crippen LogP contribution is 2.25. The number of Topliss-reactive ketones (excluding diaryl/α,β-unsaturated/α-hetero) is 1. The fourth-order valence-corrected chi connectivity index (χ4v) is 1.67. The molecule has 0 radical (unpaired) electrons. The molecule has 0 aromatic heterocycles. The Morgan fingerprint density at radius 1 is 1.41 bits per heavy atom. The van der Waals surface area contributed by atoms with Gasteiger partial charge in [-0.15, -0.1) is 0 Å². The lowest BCUT2D eigenvalue weighted by molar-refractivity contribution is 0.0968. The molecule has 0 fully saturated rings. The van der Waals surface area contributed by atoms with Gasteiger partial charge in [0.05, 0.1) is 12.7 Å². The molecule has 0 aliphatic carbocycles. The van der Waals surface area contributed by atoms with E-state index in [1.54, 1.807) is 7.11 Å². The predicted molar refractivity (Wildman–Crippen MR) is 67.7 cm³/mol. The minimum absolute atomic E-state index is 0.0196. The van der Waals surface area contributed by atoms with Crippen LogP contribution in [0.4, 0.5) is 0 Å². The molecule has 1 N–H and O–H groups in total. The quantitative estimate of drug-likeness (QED) is 0.772. The Kier molecular flexibility index (Phi) is 5.16. The fraction of sp³-hybridized carbons (Fsp3) is 0.500. The molecule has 3 nitrogen and oxygen atoms in total. The van der Waals surface area contributed by atoms with Gasteiger partial charge in [0.2, 0.25) is 0 Å². The molecule has 0 saturated carbocycles. The Hall–Kier alpha value is -1.35. The summed E-state index contributed by atoms with van der Waals surface area (Å²) in [5, 5.41) is 8.72. The smallest absolute Gasteiger partial charge is 0.166 e. The molecule has 0 aliphatic heterocycles. The standard InChI is InChI=1S/C14H20O3/c1-10(2)11-6-7-12(14(9-11)17-3)13(16)5-4-8-15/h6-7,9-10,15H,4-5,8H2,1-3H3. The van der Waals surface area contributed by atoms with E-state index in [2.05, 4.69) is 13.8 Å². The number of aliphatic hydroxyl groups excluding tert-OH is 1. The van der Waals surface area contributed by atoms with Crippen LogP contribution in [0.25, 0.3) is 0 Å². The fourth-order valence-electron chi connectivity index (χ4n) is 1.67. The second kappa shape index (κ2) is 6.40. The Morgan fingerprint density at radius 3 is 2.65 bits per heavy atom. The van der Waals surface area contributed by atoms with Crippen LogP contribution in [0.2, 0.25) is 0 Å². The summed E-state index contributed by atoms with van der Waals surface area (Å²) in [5.41, 5.74) is 1.76. The number of hydrogen-bond acceptors (Lipinski definition) is 3. The van der Waals surface area contributed by atoms with E-state index in [1.807, 2.05) is 18.2 Å². The Labute approximate surface area is 102 Å². The van der Waals surface area contributed by atoms with Crippen LogP contribution in [0.3, 0.4) is 0 Å². The molecule has 0 atom stereocenters. The van der Waals surface area contributed by atoms with Crippen molar-refractivity contribution in [3.8, 4) is 5.75 Å². The zero-order chi connectivity index (χ0) is 12.8. The number of aliphatic hydroxyl groups is 1. The number of ether oxygens (including phenoxy) is 1. The third-order valence-electron chi connectivity index (χ3n) is 2.75. The van der Waals surface area contributed by atoms with Crippen LogP contribution < -0.4 is 4.74 Å². The average molecular weight is 236 g/mol. The molecule has 3 heteroatoms. The summed E-state index contributed by atoms with van der Waals surface area (Å²) >= 11 is 0. The molecule has 0 unspecified atom stereocenters. The van der Waals surface area contributed by atoms with Gasteiger partial charge in [-0.3, -0.25) is 4.79 Å². The van der Waals surface area contributed by atoms with Crippen LogP contribution in [0.5, 0.6) is 5.75 Å². The SMILES string of the molecule is COc1cc(C(C)C)ccc1C(=O)CCCO. The van der Waals surface area contributed by atoms with E-state index in [-0.39, 0.29) is 12.4 Å². The number of ketones is 1. The summed E-state index contributed by atoms with van der Waals surface area (Å²) < 4.78 is 5.25. The van der Waals surface area contributed by atoms with Gasteiger partial charge in [-0.1, -0.05) is 19.9 Å². The second-order valence-corrected chi connectivity index (χ2v) is 4.36. The van der Waals surface area contributed by atoms with E-state index >= 15 is 0 Å². The van der Waals surface area contributed by atoms with Crippen LogP contribution in [0, 0.1) is 0 Å². The van der Waals surface area contributed by atoms with E-state index in [4.69, 9.17) is 9.84 Å². The van der Waals surface area contributed by atoms with Crippen molar-refractivity contribution >= 4 is 5.78 Å². The molecular formula is C14H20O3. The first-order valence-corrected chi connectivity index (χ1v) is 5.92. The zero-order valence-corrected chi connectivity index (χ0v) is 10.7. The number of methoxy groups -OCH3 is 1. The van der Waals surface area contributed by atoms with E-state index < -0.39 is 0 Å². The number of hydrogen-bond donors (Lipinski definition) is 1. The molecule has 1 aromatic rings. The lowest BCUT2D eigenvalue weighted by Crippen LogP contribution is -2.04. The van der Waals surface area contributed by atoms with Crippen molar-refractivity contribution in [1.29, 1.82) is 0 Å². The van der Waals surface area contributed by atoms with Crippen molar-refractivity contribution in [1.82, 2.24) is 0 Å². The van der Waals surface area contributed by atoms with E-state index in [0.29, 0.717) is 30.1 Å².